The summed E-state index contributed by atoms with van der Waals surface area (Å²) in [5.74, 6) is 0. The summed E-state index contributed by atoms with van der Waals surface area (Å²) < 4.78 is 19.6. The first-order valence-corrected chi connectivity index (χ1v) is 4.09. The van der Waals surface area contributed by atoms with E-state index in [1.54, 1.807) is 0 Å². The van der Waals surface area contributed by atoms with Gasteiger partial charge in [-0.05, 0) is 0 Å². The highest BCUT2D eigenvalue weighted by atomic mass is 31.2. The third kappa shape index (κ3) is 3.16. The summed E-state index contributed by atoms with van der Waals surface area (Å²) in [5, 5.41) is 0. The highest BCUT2D eigenvalue weighted by Crippen LogP contribution is 2.41. The second-order valence-electron chi connectivity index (χ2n) is 1.25. The van der Waals surface area contributed by atoms with Gasteiger partial charge in [0.05, 0.1) is 0 Å². The number of nitrogens with two attached hydrogens (primary N) is 1. The molecule has 0 fully saturated rings. The van der Waals surface area contributed by atoms with Crippen LogP contribution in [0.4, 0.5) is 0 Å². The Kier molecular flexibility index (Phi) is 3.24. The van der Waals surface area contributed by atoms with E-state index in [-0.39, 0.29) is 6.73 Å². The van der Waals surface area contributed by atoms with Crippen LogP contribution in [0, 0.1) is 0 Å². The van der Waals surface area contributed by atoms with Crippen molar-refractivity contribution < 1.29 is 13.6 Å². The van der Waals surface area contributed by atoms with E-state index in [0.717, 1.165) is 0 Å². The van der Waals surface area contributed by atoms with E-state index in [2.05, 4.69) is 9.05 Å². The van der Waals surface area contributed by atoms with Gasteiger partial charge >= 0.3 is 7.60 Å². The van der Waals surface area contributed by atoms with Crippen molar-refractivity contribution in [1.29, 1.82) is 0 Å². The average Bonchev–Trinajstić information content (AvgIpc) is 1.67. The molecule has 1 atom stereocenters. The first-order chi connectivity index (χ1) is 3.62. The van der Waals surface area contributed by atoms with Crippen LogP contribution in [0.5, 0.6) is 0 Å². The van der Waals surface area contributed by atoms with Gasteiger partial charge in [-0.1, -0.05) is 0 Å². The molecule has 1 unspecified atom stereocenters. The molecule has 0 aromatic rings. The van der Waals surface area contributed by atoms with E-state index in [1.807, 2.05) is 0 Å². The Balaban J connectivity index is 3.55. The van der Waals surface area contributed by atoms with Crippen LogP contribution in [-0.4, -0.2) is 20.5 Å². The lowest BCUT2D eigenvalue weighted by atomic mass is 11.4. The van der Waals surface area contributed by atoms with Crippen LogP contribution < -0.4 is 5.73 Å². The standard InChI is InChI=1S/C3H10NO3P/c1-6-8(2,5)7-3-4/h3-4H2,1-2H3. The van der Waals surface area contributed by atoms with Crippen molar-refractivity contribution >= 4 is 7.60 Å². The Morgan fingerprint density at radius 1 is 1.75 bits per heavy atom. The molecule has 0 radical (unpaired) electrons. The van der Waals surface area contributed by atoms with Crippen molar-refractivity contribution in [2.75, 3.05) is 20.5 Å². The molecule has 5 heteroatoms. The first-order valence-electron chi connectivity index (χ1n) is 2.10. The summed E-state index contributed by atoms with van der Waals surface area (Å²) in [6.07, 6.45) is 0. The van der Waals surface area contributed by atoms with Crippen LogP contribution in [0.25, 0.3) is 0 Å². The molecule has 0 aromatic heterocycles. The zero-order valence-corrected chi connectivity index (χ0v) is 5.85. The van der Waals surface area contributed by atoms with E-state index in [9.17, 15) is 4.57 Å². The van der Waals surface area contributed by atoms with Crippen molar-refractivity contribution in [3.05, 3.63) is 0 Å². The first kappa shape index (κ1) is 8.11. The third-order valence-electron chi connectivity index (χ3n) is 0.641. The Morgan fingerprint density at radius 3 is 2.38 bits per heavy atom. The number of hydrogen-bond donors (Lipinski definition) is 1. The van der Waals surface area contributed by atoms with Gasteiger partial charge in [0.25, 0.3) is 0 Å². The van der Waals surface area contributed by atoms with Crippen LogP contribution in [0.2, 0.25) is 0 Å². The van der Waals surface area contributed by atoms with Crippen LogP contribution in [0.15, 0.2) is 0 Å². The second kappa shape index (κ2) is 3.20. The fourth-order valence-electron chi connectivity index (χ4n) is 0.188. The minimum absolute atomic E-state index is 0.0678. The van der Waals surface area contributed by atoms with E-state index < -0.39 is 7.60 Å². The fourth-order valence-corrected chi connectivity index (χ4v) is 0.564. The average molecular weight is 139 g/mol. The minimum Gasteiger partial charge on any atom is -0.312 e. The van der Waals surface area contributed by atoms with Crippen molar-refractivity contribution in [1.82, 2.24) is 0 Å². The van der Waals surface area contributed by atoms with Gasteiger partial charge in [0.15, 0.2) is 0 Å². The second-order valence-corrected chi connectivity index (χ2v) is 3.42. The maximum absolute atomic E-state index is 10.7. The van der Waals surface area contributed by atoms with Gasteiger partial charge in [-0.2, -0.15) is 0 Å². The Hall–Kier alpha value is 0.110. The van der Waals surface area contributed by atoms with E-state index in [1.165, 1.54) is 13.8 Å². The van der Waals surface area contributed by atoms with E-state index in [0.29, 0.717) is 0 Å². The Labute approximate surface area is 48.5 Å². The smallest absolute Gasteiger partial charge is 0.312 e. The summed E-state index contributed by atoms with van der Waals surface area (Å²) in [6.45, 7) is 1.29. The lowest BCUT2D eigenvalue weighted by Gasteiger charge is -2.07. The summed E-state index contributed by atoms with van der Waals surface area (Å²) in [5.41, 5.74) is 4.92. The number of hydrogen-bond acceptors (Lipinski definition) is 4. The molecular formula is C3H10NO3P. The zero-order valence-electron chi connectivity index (χ0n) is 4.96. The van der Waals surface area contributed by atoms with E-state index >= 15 is 0 Å². The van der Waals surface area contributed by atoms with Gasteiger partial charge in [-0.25, -0.2) is 0 Å². The lowest BCUT2D eigenvalue weighted by Crippen LogP contribution is -2.02. The van der Waals surface area contributed by atoms with Crippen molar-refractivity contribution in [2.24, 2.45) is 5.73 Å². The predicted molar refractivity (Wildman–Crippen MR) is 30.7 cm³/mol. The lowest BCUT2D eigenvalue weighted by molar-refractivity contribution is 0.245. The summed E-state index contributed by atoms with van der Waals surface area (Å²) in [6, 6.07) is 0. The SMILES string of the molecule is COP(C)(=O)OCN. The Morgan fingerprint density at radius 2 is 2.25 bits per heavy atom. The molecular weight excluding hydrogens is 129 g/mol. The van der Waals surface area contributed by atoms with Gasteiger partial charge in [0.2, 0.25) is 0 Å². The maximum Gasteiger partial charge on any atom is 0.328 e. The molecule has 0 aromatic carbocycles. The van der Waals surface area contributed by atoms with Crippen LogP contribution in [0.1, 0.15) is 0 Å². The Bertz CT molecular complexity index is 105. The molecule has 0 heterocycles. The summed E-state index contributed by atoms with van der Waals surface area (Å²) >= 11 is 0. The zero-order chi connectivity index (χ0) is 6.62. The molecule has 0 aliphatic rings. The molecule has 0 rings (SSSR count). The monoisotopic (exact) mass is 139 g/mol. The molecule has 0 bridgehead atoms. The molecule has 0 saturated carbocycles. The summed E-state index contributed by atoms with van der Waals surface area (Å²) in [7, 11) is -1.48. The molecule has 0 aliphatic carbocycles. The van der Waals surface area contributed by atoms with Gasteiger partial charge in [0.1, 0.15) is 6.73 Å². The number of rotatable bonds is 3. The largest absolute Gasteiger partial charge is 0.328 e. The molecule has 0 amide bonds. The highest BCUT2D eigenvalue weighted by Gasteiger charge is 2.11. The third-order valence-corrected chi connectivity index (χ3v) is 1.92. The topological polar surface area (TPSA) is 61.5 Å². The van der Waals surface area contributed by atoms with Gasteiger partial charge < -0.3 is 10.3 Å². The van der Waals surface area contributed by atoms with Crippen LogP contribution in [-0.2, 0) is 13.6 Å². The predicted octanol–water partition coefficient (Wildman–Crippen LogP) is 0.388. The molecule has 2 N–H and O–H groups in total. The normalized spacial score (nSPS) is 17.9. The van der Waals surface area contributed by atoms with Gasteiger partial charge in [0, 0.05) is 13.8 Å². The maximum atomic E-state index is 10.7. The van der Waals surface area contributed by atoms with Crippen LogP contribution in [0.3, 0.4) is 0 Å². The molecule has 8 heavy (non-hydrogen) atoms. The molecule has 50 valence electrons. The quantitative estimate of drug-likeness (QED) is 0.453. The molecule has 4 nitrogen and oxygen atoms in total. The molecule has 0 aliphatic heterocycles. The van der Waals surface area contributed by atoms with Crippen molar-refractivity contribution in [3.63, 3.8) is 0 Å². The summed E-state index contributed by atoms with van der Waals surface area (Å²) in [4.78, 5) is 0. The van der Waals surface area contributed by atoms with Crippen LogP contribution >= 0.6 is 7.60 Å². The molecule has 0 saturated heterocycles. The van der Waals surface area contributed by atoms with Crippen molar-refractivity contribution in [3.8, 4) is 0 Å². The fraction of sp³-hybridized carbons (Fsp3) is 1.00. The van der Waals surface area contributed by atoms with Gasteiger partial charge in [-0.3, -0.25) is 9.09 Å². The van der Waals surface area contributed by atoms with E-state index in [4.69, 9.17) is 5.73 Å². The van der Waals surface area contributed by atoms with Gasteiger partial charge in [-0.15, -0.1) is 0 Å². The van der Waals surface area contributed by atoms with Crippen molar-refractivity contribution in [2.45, 2.75) is 0 Å². The highest BCUT2D eigenvalue weighted by molar-refractivity contribution is 7.52. The molecule has 0 spiro atoms. The minimum atomic E-state index is -2.80.